The Labute approximate surface area is 134 Å². The summed E-state index contributed by atoms with van der Waals surface area (Å²) < 4.78 is 38.6. The van der Waals surface area contributed by atoms with Gasteiger partial charge >= 0.3 is 6.18 Å². The number of anilines is 1. The number of halogens is 4. The first kappa shape index (κ1) is 16.5. The highest BCUT2D eigenvalue weighted by molar-refractivity contribution is 9.10. The molecule has 2 rings (SSSR count). The molecule has 0 aliphatic carbocycles. The molecule has 0 saturated heterocycles. The van der Waals surface area contributed by atoms with Crippen molar-refractivity contribution >= 4 is 27.4 Å². The largest absolute Gasteiger partial charge is 0.416 e. The third kappa shape index (κ3) is 4.59. The van der Waals surface area contributed by atoms with Crippen molar-refractivity contribution in [2.45, 2.75) is 12.6 Å². The summed E-state index contributed by atoms with van der Waals surface area (Å²) in [4.78, 5) is 11.9. The fraction of sp³-hybridized carbons (Fsp3) is 0.188. The molecule has 2 aromatic rings. The fourth-order valence-corrected chi connectivity index (χ4v) is 2.17. The number of benzene rings is 2. The molecule has 116 valence electrons. The van der Waals surface area contributed by atoms with Crippen LogP contribution in [0.1, 0.15) is 22.3 Å². The van der Waals surface area contributed by atoms with Gasteiger partial charge in [-0.2, -0.15) is 13.2 Å². The lowest BCUT2D eigenvalue weighted by atomic mass is 10.1. The average molecular weight is 372 g/mol. The van der Waals surface area contributed by atoms with Crippen LogP contribution in [0.5, 0.6) is 0 Å². The molecule has 0 heterocycles. The van der Waals surface area contributed by atoms with E-state index in [0.29, 0.717) is 11.3 Å². The van der Waals surface area contributed by atoms with Crippen molar-refractivity contribution in [2.24, 2.45) is 0 Å². The summed E-state index contributed by atoms with van der Waals surface area (Å²) in [5, 5.41) is 2.84. The third-order valence-corrected chi connectivity index (χ3v) is 3.57. The molecule has 0 aliphatic heterocycles. The third-order valence-electron chi connectivity index (χ3n) is 3.04. The summed E-state index contributed by atoms with van der Waals surface area (Å²) in [6.45, 7) is 0.274. The molecule has 0 unspecified atom stereocenters. The molecule has 22 heavy (non-hydrogen) atoms. The lowest BCUT2D eigenvalue weighted by Crippen LogP contribution is -2.10. The topological polar surface area (TPSA) is 29.1 Å². The monoisotopic (exact) mass is 371 g/mol. The number of ketones is 1. The molecule has 0 aliphatic rings. The number of hydrogen-bond donors (Lipinski definition) is 1. The number of nitrogens with one attached hydrogen (secondary N) is 1. The first-order valence-corrected chi connectivity index (χ1v) is 7.35. The minimum atomic E-state index is -4.37. The minimum Gasteiger partial charge on any atom is -0.385 e. The van der Waals surface area contributed by atoms with Crippen LogP contribution >= 0.6 is 15.9 Å². The first-order valence-electron chi connectivity index (χ1n) is 6.56. The first-order chi connectivity index (χ1) is 10.4. The van der Waals surface area contributed by atoms with Crippen LogP contribution in [0.3, 0.4) is 0 Å². The van der Waals surface area contributed by atoms with Crippen molar-refractivity contribution < 1.29 is 18.0 Å². The molecule has 1 N–H and O–H groups in total. The highest BCUT2D eigenvalue weighted by Crippen LogP contribution is 2.30. The SMILES string of the molecule is O=C(CCNc1cccc(C(F)(F)F)c1)c1ccc(Br)cc1. The summed E-state index contributed by atoms with van der Waals surface area (Å²) in [7, 11) is 0. The molecule has 6 heteroatoms. The lowest BCUT2D eigenvalue weighted by Gasteiger charge is -2.10. The standard InChI is InChI=1S/C16H13BrF3NO/c17-13-6-4-11(5-7-13)15(22)8-9-21-14-3-1-2-12(10-14)16(18,19)20/h1-7,10,21H,8-9H2. The number of carbonyl (C=O) groups excluding carboxylic acids is 1. The highest BCUT2D eigenvalue weighted by Gasteiger charge is 2.30. The molecule has 0 fully saturated rings. The van der Waals surface area contributed by atoms with Crippen LogP contribution in [-0.2, 0) is 6.18 Å². The summed E-state index contributed by atoms with van der Waals surface area (Å²) in [5.41, 5.74) is 0.212. The molecule has 0 bridgehead atoms. The van der Waals surface area contributed by atoms with E-state index in [1.165, 1.54) is 6.07 Å². The maximum atomic E-state index is 12.6. The van der Waals surface area contributed by atoms with Gasteiger partial charge in [0.1, 0.15) is 0 Å². The van der Waals surface area contributed by atoms with Crippen LogP contribution in [0.2, 0.25) is 0 Å². The summed E-state index contributed by atoms with van der Waals surface area (Å²) in [6.07, 6.45) is -4.16. The Bertz CT molecular complexity index is 653. The van der Waals surface area contributed by atoms with Gasteiger partial charge < -0.3 is 5.32 Å². The van der Waals surface area contributed by atoms with Gasteiger partial charge in [0.15, 0.2) is 5.78 Å². The van der Waals surface area contributed by atoms with Gasteiger partial charge in [-0.15, -0.1) is 0 Å². The second-order valence-electron chi connectivity index (χ2n) is 4.69. The Balaban J connectivity index is 1.91. The zero-order valence-corrected chi connectivity index (χ0v) is 13.0. The Hall–Kier alpha value is -1.82. The number of hydrogen-bond acceptors (Lipinski definition) is 2. The van der Waals surface area contributed by atoms with E-state index in [1.807, 2.05) is 0 Å². The van der Waals surface area contributed by atoms with Crippen LogP contribution in [0.4, 0.5) is 18.9 Å². The lowest BCUT2D eigenvalue weighted by molar-refractivity contribution is -0.137. The molecule has 2 nitrogen and oxygen atoms in total. The average Bonchev–Trinajstić information content (AvgIpc) is 2.47. The molecule has 0 amide bonds. The van der Waals surface area contributed by atoms with Gasteiger partial charge in [-0.3, -0.25) is 4.79 Å². The van der Waals surface area contributed by atoms with Crippen molar-refractivity contribution in [3.05, 3.63) is 64.1 Å². The van der Waals surface area contributed by atoms with Crippen LogP contribution in [0.15, 0.2) is 53.0 Å². The van der Waals surface area contributed by atoms with E-state index in [9.17, 15) is 18.0 Å². The van der Waals surface area contributed by atoms with E-state index >= 15 is 0 Å². The fourth-order valence-electron chi connectivity index (χ4n) is 1.91. The Morgan fingerprint density at radius 1 is 1.09 bits per heavy atom. The van der Waals surface area contributed by atoms with E-state index in [0.717, 1.165) is 16.6 Å². The van der Waals surface area contributed by atoms with Crippen molar-refractivity contribution in [2.75, 3.05) is 11.9 Å². The quantitative estimate of drug-likeness (QED) is 0.736. The van der Waals surface area contributed by atoms with Crippen molar-refractivity contribution in [1.82, 2.24) is 0 Å². The van der Waals surface area contributed by atoms with Crippen LogP contribution < -0.4 is 5.32 Å². The predicted molar refractivity (Wildman–Crippen MR) is 83.0 cm³/mol. The Morgan fingerprint density at radius 3 is 2.41 bits per heavy atom. The van der Waals surface area contributed by atoms with E-state index in [2.05, 4.69) is 21.2 Å². The number of Topliss-reactive ketones (excluding diaryl/α,β-unsaturated/α-hetero) is 1. The maximum Gasteiger partial charge on any atom is 0.416 e. The molecule has 0 saturated carbocycles. The van der Waals surface area contributed by atoms with E-state index < -0.39 is 11.7 Å². The van der Waals surface area contributed by atoms with Crippen molar-refractivity contribution in [3.63, 3.8) is 0 Å². The smallest absolute Gasteiger partial charge is 0.385 e. The summed E-state index contributed by atoms with van der Waals surface area (Å²) in [6, 6.07) is 11.9. The molecule has 0 atom stereocenters. The summed E-state index contributed by atoms with van der Waals surface area (Å²) >= 11 is 3.28. The number of alkyl halides is 3. The molecule has 0 radical (unpaired) electrons. The molecular formula is C16H13BrF3NO. The second kappa shape index (κ2) is 6.96. The minimum absolute atomic E-state index is 0.0630. The van der Waals surface area contributed by atoms with Gasteiger partial charge in [-0.25, -0.2) is 0 Å². The van der Waals surface area contributed by atoms with Crippen LogP contribution in [0.25, 0.3) is 0 Å². The van der Waals surface area contributed by atoms with Gasteiger partial charge in [0.25, 0.3) is 0 Å². The van der Waals surface area contributed by atoms with Gasteiger partial charge in [-0.1, -0.05) is 34.1 Å². The van der Waals surface area contributed by atoms with Gasteiger partial charge in [0.05, 0.1) is 5.56 Å². The number of carbonyl (C=O) groups is 1. The van der Waals surface area contributed by atoms with Gasteiger partial charge in [0.2, 0.25) is 0 Å². The molecular weight excluding hydrogens is 359 g/mol. The summed E-state index contributed by atoms with van der Waals surface area (Å²) in [5.74, 6) is -0.0630. The normalized spacial score (nSPS) is 11.3. The highest BCUT2D eigenvalue weighted by atomic mass is 79.9. The van der Waals surface area contributed by atoms with E-state index in [1.54, 1.807) is 30.3 Å². The second-order valence-corrected chi connectivity index (χ2v) is 5.60. The van der Waals surface area contributed by atoms with Gasteiger partial charge in [-0.05, 0) is 30.3 Å². The molecule has 2 aromatic carbocycles. The van der Waals surface area contributed by atoms with Gasteiger partial charge in [0, 0.05) is 28.7 Å². The van der Waals surface area contributed by atoms with Crippen LogP contribution in [0, 0.1) is 0 Å². The number of rotatable bonds is 5. The maximum absolute atomic E-state index is 12.6. The van der Waals surface area contributed by atoms with Crippen LogP contribution in [-0.4, -0.2) is 12.3 Å². The predicted octanol–water partition coefficient (Wildman–Crippen LogP) is 5.15. The van der Waals surface area contributed by atoms with E-state index in [-0.39, 0.29) is 18.7 Å². The zero-order valence-electron chi connectivity index (χ0n) is 11.5. The molecule has 0 spiro atoms. The Morgan fingerprint density at radius 2 is 1.77 bits per heavy atom. The van der Waals surface area contributed by atoms with Crippen molar-refractivity contribution in [1.29, 1.82) is 0 Å². The molecule has 0 aromatic heterocycles. The van der Waals surface area contributed by atoms with Crippen molar-refractivity contribution in [3.8, 4) is 0 Å². The Kier molecular flexibility index (Phi) is 5.24. The zero-order chi connectivity index (χ0) is 16.2. The van der Waals surface area contributed by atoms with E-state index in [4.69, 9.17) is 0 Å².